The summed E-state index contributed by atoms with van der Waals surface area (Å²) in [6, 6.07) is 24.8. The normalized spacial score (nSPS) is 17.7. The first-order valence-electron chi connectivity index (χ1n) is 21.6. The van der Waals surface area contributed by atoms with Crippen molar-refractivity contribution in [2.75, 3.05) is 41.4 Å². The number of hydrogen-bond donors (Lipinski definition) is 2. The van der Waals surface area contributed by atoms with E-state index in [0.717, 1.165) is 22.3 Å². The molecule has 0 unspecified atom stereocenters. The van der Waals surface area contributed by atoms with Crippen LogP contribution in [0.15, 0.2) is 123 Å². The molecule has 68 heavy (non-hydrogen) atoms. The number of amides is 2. The minimum absolute atomic E-state index is 0.0634. The van der Waals surface area contributed by atoms with Crippen LogP contribution in [0.2, 0.25) is 0 Å². The minimum Gasteiger partial charge on any atom is -0.493 e. The molecule has 0 fully saturated rings. The van der Waals surface area contributed by atoms with Crippen LogP contribution < -0.4 is 28.4 Å². The second kappa shape index (κ2) is 18.8. The highest BCUT2D eigenvalue weighted by molar-refractivity contribution is 7.89. The van der Waals surface area contributed by atoms with Gasteiger partial charge in [-0.05, 0) is 97.7 Å². The Kier molecular flexibility index (Phi) is 12.7. The van der Waals surface area contributed by atoms with Gasteiger partial charge in [0.2, 0.25) is 20.0 Å². The number of carbonyl (C=O) groups excluding carboxylic acids is 2. The fourth-order valence-corrected chi connectivity index (χ4v) is 9.96. The molecule has 2 N–H and O–H groups in total. The van der Waals surface area contributed by atoms with Crippen molar-refractivity contribution in [2.45, 2.75) is 47.9 Å². The van der Waals surface area contributed by atoms with Crippen molar-refractivity contribution in [3.05, 3.63) is 137 Å². The summed E-state index contributed by atoms with van der Waals surface area (Å²) >= 11 is 0. The zero-order valence-electron chi connectivity index (χ0n) is 37.5. The summed E-state index contributed by atoms with van der Waals surface area (Å²) in [4.78, 5) is 45.9. The van der Waals surface area contributed by atoms with E-state index >= 15 is 0 Å². The van der Waals surface area contributed by atoms with Crippen molar-refractivity contribution in [1.82, 2.24) is 24.2 Å². The topological polar surface area (TPSA) is 207 Å². The molecule has 9 rings (SSSR count). The Balaban J connectivity index is 0.856. The molecule has 17 nitrogen and oxygen atoms in total. The molecule has 0 spiro atoms. The number of carbonyl (C=O) groups is 2. The van der Waals surface area contributed by atoms with Crippen LogP contribution in [-0.2, 0) is 33.3 Å². The number of pyridine rings is 1. The van der Waals surface area contributed by atoms with Crippen LogP contribution in [0.1, 0.15) is 56.1 Å². The van der Waals surface area contributed by atoms with Gasteiger partial charge in [0, 0.05) is 37.7 Å². The minimum atomic E-state index is -3.57. The zero-order valence-corrected chi connectivity index (χ0v) is 39.1. The average molecular weight is 958 g/mol. The smallest absolute Gasteiger partial charge is 0.257 e. The Labute approximate surface area is 393 Å². The summed E-state index contributed by atoms with van der Waals surface area (Å²) < 4.78 is 77.4. The van der Waals surface area contributed by atoms with E-state index in [0.29, 0.717) is 82.8 Å². The largest absolute Gasteiger partial charge is 0.493 e. The predicted molar refractivity (Wildman–Crippen MR) is 255 cm³/mol. The summed E-state index contributed by atoms with van der Waals surface area (Å²) in [5, 5.41) is 0. The molecular weight excluding hydrogens is 911 g/mol. The van der Waals surface area contributed by atoms with Crippen molar-refractivity contribution < 1.29 is 45.4 Å². The first kappa shape index (κ1) is 45.9. The van der Waals surface area contributed by atoms with E-state index in [1.54, 1.807) is 95.0 Å². The summed E-state index contributed by atoms with van der Waals surface area (Å²) in [5.41, 5.74) is 6.50. The van der Waals surface area contributed by atoms with Crippen LogP contribution in [0.4, 0.5) is 11.4 Å². The highest BCUT2D eigenvalue weighted by Gasteiger charge is 2.34. The molecular formula is C49H47N7O10S2. The Morgan fingerprint density at radius 3 is 1.38 bits per heavy atom. The number of benzene rings is 4. The molecule has 19 heteroatoms. The number of fused-ring (bicyclic) bond motifs is 4. The first-order valence-corrected chi connectivity index (χ1v) is 24.6. The van der Waals surface area contributed by atoms with Gasteiger partial charge in [0.1, 0.15) is 13.2 Å². The molecule has 2 atom stereocenters. The summed E-state index contributed by atoms with van der Waals surface area (Å²) in [6.07, 6.45) is 8.45. The van der Waals surface area contributed by atoms with Crippen LogP contribution in [-0.4, -0.2) is 109 Å². The molecule has 350 valence electrons. The number of sulfonamides is 2. The van der Waals surface area contributed by atoms with Crippen LogP contribution in [0.25, 0.3) is 11.1 Å². The third-order valence-electron chi connectivity index (χ3n) is 12.3. The van der Waals surface area contributed by atoms with Gasteiger partial charge in [0.05, 0.1) is 70.0 Å². The number of methoxy groups -OCH3 is 2. The number of nitrogens with zero attached hydrogens (tertiary/aromatic N) is 5. The number of aliphatic imine (C=N–C) groups is 2. The number of nitrogens with one attached hydrogen (secondary N) is 2. The molecule has 5 heterocycles. The number of ether oxygens (including phenoxy) is 4. The lowest BCUT2D eigenvalue weighted by atomic mass is 9.94. The lowest BCUT2D eigenvalue weighted by Gasteiger charge is -2.32. The number of aromatic nitrogens is 1. The van der Waals surface area contributed by atoms with Crippen LogP contribution >= 0.6 is 0 Å². The van der Waals surface area contributed by atoms with E-state index in [1.165, 1.54) is 28.3 Å². The van der Waals surface area contributed by atoms with E-state index in [4.69, 9.17) is 33.9 Å². The Bertz CT molecular complexity index is 2960. The molecule has 0 bridgehead atoms. The monoisotopic (exact) mass is 957 g/mol. The van der Waals surface area contributed by atoms with Crippen molar-refractivity contribution >= 4 is 66.8 Å². The Hall–Kier alpha value is -7.19. The van der Waals surface area contributed by atoms with Gasteiger partial charge in [-0.1, -0.05) is 42.5 Å². The molecule has 2 amide bonds. The maximum absolute atomic E-state index is 13.9. The molecule has 0 aliphatic carbocycles. The summed E-state index contributed by atoms with van der Waals surface area (Å²) in [7, 11) is -1.40. The second-order valence-electron chi connectivity index (χ2n) is 16.2. The van der Waals surface area contributed by atoms with Gasteiger partial charge < -0.3 is 28.7 Å². The zero-order chi connectivity index (χ0) is 47.7. The highest BCUT2D eigenvalue weighted by atomic mass is 32.2. The van der Waals surface area contributed by atoms with Gasteiger partial charge in [-0.15, -0.1) is 0 Å². The quantitative estimate of drug-likeness (QED) is 0.130. The van der Waals surface area contributed by atoms with E-state index in [9.17, 15) is 26.4 Å². The molecule has 0 saturated carbocycles. The predicted octanol–water partition coefficient (Wildman–Crippen LogP) is 6.10. The fourth-order valence-electron chi connectivity index (χ4n) is 8.50. The molecule has 4 aliphatic rings. The lowest BCUT2D eigenvalue weighted by Crippen LogP contribution is -2.43. The van der Waals surface area contributed by atoms with Gasteiger partial charge in [-0.3, -0.25) is 24.6 Å². The molecule has 5 aromatic rings. The molecule has 4 aliphatic heterocycles. The van der Waals surface area contributed by atoms with E-state index < -0.39 is 20.0 Å². The molecule has 0 radical (unpaired) electrons. The molecule has 4 aromatic carbocycles. The van der Waals surface area contributed by atoms with Crippen LogP contribution in [0, 0.1) is 0 Å². The van der Waals surface area contributed by atoms with Gasteiger partial charge >= 0.3 is 0 Å². The van der Waals surface area contributed by atoms with E-state index in [2.05, 4.69) is 9.44 Å². The molecule has 1 aromatic heterocycles. The number of hydrogen-bond acceptors (Lipinski definition) is 13. The van der Waals surface area contributed by atoms with Gasteiger partial charge in [0.15, 0.2) is 23.0 Å². The number of rotatable bonds is 14. The molecule has 0 saturated heterocycles. The van der Waals surface area contributed by atoms with Crippen LogP contribution in [0.5, 0.6) is 23.0 Å². The summed E-state index contributed by atoms with van der Waals surface area (Å²) in [5.74, 6) is 1.05. The van der Waals surface area contributed by atoms with E-state index in [-0.39, 0.29) is 46.9 Å². The Morgan fingerprint density at radius 2 is 1.00 bits per heavy atom. The lowest BCUT2D eigenvalue weighted by molar-refractivity contribution is 0.0740. The second-order valence-corrected chi connectivity index (χ2v) is 19.9. The van der Waals surface area contributed by atoms with Crippen LogP contribution in [0.3, 0.4) is 0 Å². The maximum Gasteiger partial charge on any atom is 0.257 e. The summed E-state index contributed by atoms with van der Waals surface area (Å²) in [6.45, 7) is 0.807. The Morgan fingerprint density at radius 1 is 0.588 bits per heavy atom. The van der Waals surface area contributed by atoms with Crippen molar-refractivity contribution in [2.24, 2.45) is 9.98 Å². The highest BCUT2D eigenvalue weighted by Crippen LogP contribution is 2.41. The van der Waals surface area contributed by atoms with Crippen molar-refractivity contribution in [1.29, 1.82) is 0 Å². The standard InChI is InChI=1S/C49H47N7O10S2/c1-50-67(59,60)38-12-8-30(9-13-38)32-16-18-55-36(20-32)26-52-42-24-46(44(63-3)22-40(42)48(55)57)65-28-34-6-5-7-35(54-34)29-66-47-25-43-41(23-45(47)64-4)49(58)56-19-17-33(21-37(56)27-53-43)31-10-14-39(15-11-31)68(61,62)51-2/h5-17,22-27,36-37,50-51H,18-21,28-29H2,1-4H3/t36-,37-/m0/s1. The van der Waals surface area contributed by atoms with Gasteiger partial charge in [-0.25, -0.2) is 26.3 Å². The first-order chi connectivity index (χ1) is 32.8. The average Bonchev–Trinajstić information content (AvgIpc) is 3.59. The third-order valence-corrected chi connectivity index (χ3v) is 15.1. The fraction of sp³-hybridized carbons (Fsp3) is 0.245. The third kappa shape index (κ3) is 9.12. The van der Waals surface area contributed by atoms with Crippen molar-refractivity contribution in [3.63, 3.8) is 0 Å². The maximum atomic E-state index is 13.9. The van der Waals surface area contributed by atoms with Crippen molar-refractivity contribution in [3.8, 4) is 23.0 Å². The van der Waals surface area contributed by atoms with Gasteiger partial charge in [-0.2, -0.15) is 0 Å². The van der Waals surface area contributed by atoms with Gasteiger partial charge in [0.25, 0.3) is 11.8 Å². The van der Waals surface area contributed by atoms with E-state index in [1.807, 2.05) is 30.4 Å². The SMILES string of the molecule is CNS(=O)(=O)c1ccc(C2=CCN3C(=O)c4cc(OC)c(OCc5cccc(COc6cc7c(cc6OC)C(=O)N6CC=C(c8ccc(S(=O)(=O)NC)cc8)C[C@H]6C=N7)n5)cc4N=C[C@@H]3C2)cc1.